The fourth-order valence-electron chi connectivity index (χ4n) is 3.97. The topological polar surface area (TPSA) is 116 Å². The molecule has 0 fully saturated rings. The highest BCUT2D eigenvalue weighted by molar-refractivity contribution is 6.35. The van der Waals surface area contributed by atoms with Crippen LogP contribution in [0, 0.1) is 13.8 Å². The van der Waals surface area contributed by atoms with Gasteiger partial charge in [0.1, 0.15) is 6.61 Å². The van der Waals surface area contributed by atoms with Crippen LogP contribution in [0.2, 0.25) is 10.0 Å². The van der Waals surface area contributed by atoms with E-state index in [-0.39, 0.29) is 17.7 Å². The van der Waals surface area contributed by atoms with Crippen molar-refractivity contribution < 1.29 is 9.47 Å². The van der Waals surface area contributed by atoms with Gasteiger partial charge >= 0.3 is 0 Å². The number of hydrogen-bond acceptors (Lipinski definition) is 4. The van der Waals surface area contributed by atoms with Gasteiger partial charge in [0.25, 0.3) is 11.1 Å². The number of ether oxygens (including phenoxy) is 2. The van der Waals surface area contributed by atoms with Crippen LogP contribution in [0.15, 0.2) is 46.0 Å². The third kappa shape index (κ3) is 4.64. The lowest BCUT2D eigenvalue weighted by atomic mass is 9.85. The van der Waals surface area contributed by atoms with Crippen LogP contribution in [0.3, 0.4) is 0 Å². The molecule has 0 bridgehead atoms. The number of H-pyrrole nitrogens is 4. The molecule has 2 aromatic carbocycles. The van der Waals surface area contributed by atoms with Crippen LogP contribution in [-0.2, 0) is 6.61 Å². The fraction of sp³-hybridized carbons (Fsp3) is 0.250. The fourth-order valence-corrected chi connectivity index (χ4v) is 4.43. The SMILES string of the molecule is CCOc1cc(C(c2c(C)[nH][nH]c2=O)c2c(C)[nH][nH]c2=O)ccc1OCc1ccc(Cl)cc1Cl. The maximum Gasteiger partial charge on any atom is 0.268 e. The van der Waals surface area contributed by atoms with Gasteiger partial charge < -0.3 is 19.7 Å². The Hall–Kier alpha value is -3.36. The molecule has 178 valence electrons. The molecule has 0 radical (unpaired) electrons. The van der Waals surface area contributed by atoms with E-state index in [0.29, 0.717) is 56.2 Å². The smallest absolute Gasteiger partial charge is 0.268 e. The normalized spacial score (nSPS) is 11.2. The third-order valence-corrected chi connectivity index (χ3v) is 6.19. The summed E-state index contributed by atoms with van der Waals surface area (Å²) in [5.74, 6) is 0.378. The molecule has 0 aliphatic carbocycles. The molecule has 0 atom stereocenters. The summed E-state index contributed by atoms with van der Waals surface area (Å²) < 4.78 is 11.9. The van der Waals surface area contributed by atoms with Gasteiger partial charge in [-0.2, -0.15) is 0 Å². The minimum atomic E-state index is -0.621. The van der Waals surface area contributed by atoms with E-state index in [9.17, 15) is 9.59 Å². The van der Waals surface area contributed by atoms with Crippen LogP contribution < -0.4 is 20.6 Å². The molecule has 0 unspecified atom stereocenters. The van der Waals surface area contributed by atoms with Crippen molar-refractivity contribution in [2.75, 3.05) is 6.61 Å². The molecule has 0 saturated carbocycles. The number of aromatic nitrogens is 4. The second kappa shape index (κ2) is 9.87. The van der Waals surface area contributed by atoms with Gasteiger partial charge in [0, 0.05) is 32.9 Å². The highest BCUT2D eigenvalue weighted by Gasteiger charge is 2.29. The van der Waals surface area contributed by atoms with Gasteiger partial charge in [-0.25, -0.2) is 0 Å². The largest absolute Gasteiger partial charge is 0.490 e. The monoisotopic (exact) mass is 502 g/mol. The Balaban J connectivity index is 1.76. The van der Waals surface area contributed by atoms with E-state index in [1.807, 2.05) is 13.0 Å². The van der Waals surface area contributed by atoms with Gasteiger partial charge in [-0.3, -0.25) is 19.8 Å². The van der Waals surface area contributed by atoms with Crippen molar-refractivity contribution in [2.45, 2.75) is 33.3 Å². The predicted molar refractivity (Wildman–Crippen MR) is 132 cm³/mol. The highest BCUT2D eigenvalue weighted by Crippen LogP contribution is 2.37. The molecule has 0 spiro atoms. The Morgan fingerprint density at radius 2 is 1.47 bits per heavy atom. The first-order valence-corrected chi connectivity index (χ1v) is 11.4. The predicted octanol–water partition coefficient (Wildman–Crippen LogP) is 4.80. The zero-order valence-electron chi connectivity index (χ0n) is 18.8. The first-order valence-electron chi connectivity index (χ1n) is 10.7. The van der Waals surface area contributed by atoms with Gasteiger partial charge in [-0.05, 0) is 50.6 Å². The molecule has 4 N–H and O–H groups in total. The van der Waals surface area contributed by atoms with E-state index in [1.165, 1.54) is 0 Å². The lowest BCUT2D eigenvalue weighted by Crippen LogP contribution is -2.20. The van der Waals surface area contributed by atoms with Crippen molar-refractivity contribution in [1.29, 1.82) is 0 Å². The lowest BCUT2D eigenvalue weighted by molar-refractivity contribution is 0.269. The van der Waals surface area contributed by atoms with Crippen molar-refractivity contribution in [3.8, 4) is 11.5 Å². The number of aromatic amines is 4. The van der Waals surface area contributed by atoms with Crippen LogP contribution in [0.5, 0.6) is 11.5 Å². The Morgan fingerprint density at radius 1 is 0.824 bits per heavy atom. The maximum absolute atomic E-state index is 12.7. The van der Waals surface area contributed by atoms with E-state index in [2.05, 4.69) is 20.4 Å². The molecule has 0 aliphatic rings. The maximum atomic E-state index is 12.7. The molecular weight excluding hydrogens is 479 g/mol. The quantitative estimate of drug-likeness (QED) is 0.276. The summed E-state index contributed by atoms with van der Waals surface area (Å²) in [5.41, 5.74) is 3.10. The Morgan fingerprint density at radius 3 is 2.00 bits per heavy atom. The van der Waals surface area contributed by atoms with Crippen LogP contribution >= 0.6 is 23.2 Å². The summed E-state index contributed by atoms with van der Waals surface area (Å²) in [4.78, 5) is 25.4. The molecule has 0 saturated heterocycles. The van der Waals surface area contributed by atoms with E-state index in [4.69, 9.17) is 32.7 Å². The highest BCUT2D eigenvalue weighted by atomic mass is 35.5. The first kappa shape index (κ1) is 23.8. The average molecular weight is 503 g/mol. The van der Waals surface area contributed by atoms with Gasteiger partial charge in [0.2, 0.25) is 0 Å². The summed E-state index contributed by atoms with van der Waals surface area (Å²) in [6, 6.07) is 10.6. The number of halogens is 2. The number of rotatable bonds is 8. The van der Waals surface area contributed by atoms with Gasteiger partial charge in [0.15, 0.2) is 11.5 Å². The summed E-state index contributed by atoms with van der Waals surface area (Å²) in [7, 11) is 0. The van der Waals surface area contributed by atoms with E-state index in [1.54, 1.807) is 44.2 Å². The molecule has 2 heterocycles. The van der Waals surface area contributed by atoms with Crippen molar-refractivity contribution in [2.24, 2.45) is 0 Å². The zero-order chi connectivity index (χ0) is 24.4. The average Bonchev–Trinajstić information content (AvgIpc) is 3.31. The van der Waals surface area contributed by atoms with E-state index in [0.717, 1.165) is 5.56 Å². The van der Waals surface area contributed by atoms with E-state index >= 15 is 0 Å². The Bertz CT molecular complexity index is 1380. The third-order valence-electron chi connectivity index (χ3n) is 5.60. The van der Waals surface area contributed by atoms with Crippen LogP contribution in [0.1, 0.15) is 46.5 Å². The second-order valence-electron chi connectivity index (χ2n) is 7.83. The van der Waals surface area contributed by atoms with Gasteiger partial charge in [-0.1, -0.05) is 35.3 Å². The minimum Gasteiger partial charge on any atom is -0.490 e. The molecule has 4 aromatic rings. The molecule has 34 heavy (non-hydrogen) atoms. The second-order valence-corrected chi connectivity index (χ2v) is 8.68. The molecule has 10 heteroatoms. The standard InChI is InChI=1S/C24H24Cl2N4O4/c1-4-33-19-9-14(6-8-18(19)34-11-15-5-7-16(25)10-17(15)26)22(20-12(2)27-29-23(20)31)21-13(3)28-30-24(21)32/h5-10,22H,4,11H2,1-3H3,(H2,27,29,31)(H2,28,30,32). The number of hydrogen-bond donors (Lipinski definition) is 4. The number of aryl methyl sites for hydroxylation is 2. The molecule has 2 aromatic heterocycles. The first-order chi connectivity index (χ1) is 16.3. The Kier molecular flexibility index (Phi) is 6.90. The van der Waals surface area contributed by atoms with Crippen LogP contribution in [0.25, 0.3) is 0 Å². The van der Waals surface area contributed by atoms with Crippen molar-refractivity contribution in [1.82, 2.24) is 20.4 Å². The van der Waals surface area contributed by atoms with Crippen LogP contribution in [-0.4, -0.2) is 27.0 Å². The lowest BCUT2D eigenvalue weighted by Gasteiger charge is -2.19. The minimum absolute atomic E-state index is 0.214. The van der Waals surface area contributed by atoms with Gasteiger partial charge in [0.05, 0.1) is 17.7 Å². The summed E-state index contributed by atoms with van der Waals surface area (Å²) in [6.07, 6.45) is 0. The van der Waals surface area contributed by atoms with E-state index < -0.39 is 5.92 Å². The zero-order valence-corrected chi connectivity index (χ0v) is 20.4. The molecule has 0 amide bonds. The summed E-state index contributed by atoms with van der Waals surface area (Å²) in [5, 5.41) is 12.0. The Labute approximate surface area is 205 Å². The summed E-state index contributed by atoms with van der Waals surface area (Å²) in [6.45, 7) is 6.05. The van der Waals surface area contributed by atoms with Gasteiger partial charge in [-0.15, -0.1) is 0 Å². The molecular formula is C24H24Cl2N4O4. The van der Waals surface area contributed by atoms with Crippen molar-refractivity contribution >= 4 is 23.2 Å². The van der Waals surface area contributed by atoms with Crippen molar-refractivity contribution in [3.63, 3.8) is 0 Å². The molecule has 0 aliphatic heterocycles. The molecule has 8 nitrogen and oxygen atoms in total. The number of nitrogens with one attached hydrogen (secondary N) is 4. The van der Waals surface area contributed by atoms with Crippen molar-refractivity contribution in [3.05, 3.63) is 101 Å². The summed E-state index contributed by atoms with van der Waals surface area (Å²) >= 11 is 12.2. The van der Waals surface area contributed by atoms with Crippen LogP contribution in [0.4, 0.5) is 0 Å². The molecule has 4 rings (SSSR count). The number of benzene rings is 2.